The fourth-order valence-electron chi connectivity index (χ4n) is 6.85. The van der Waals surface area contributed by atoms with Crippen LogP contribution in [0.3, 0.4) is 0 Å². The van der Waals surface area contributed by atoms with Gasteiger partial charge in [-0.05, 0) is 61.9 Å². The van der Waals surface area contributed by atoms with Gasteiger partial charge < -0.3 is 5.11 Å². The maximum atomic E-state index is 11.1. The summed E-state index contributed by atoms with van der Waals surface area (Å²) in [5.74, 6) is 1.12. The van der Waals surface area contributed by atoms with E-state index in [1.54, 1.807) is 5.57 Å². The smallest absolute Gasteiger partial charge is 0.0639 e. The largest absolute Gasteiger partial charge is 0.392 e. The highest BCUT2D eigenvalue weighted by Gasteiger charge is 2.64. The first-order chi connectivity index (χ1) is 12.2. The average Bonchev–Trinajstić information content (AvgIpc) is 2.83. The predicted octanol–water partition coefficient (Wildman–Crippen LogP) is 6.14. The van der Waals surface area contributed by atoms with E-state index in [1.165, 1.54) is 17.6 Å². The molecule has 0 aromatic carbocycles. The molecule has 6 atom stereocenters. The van der Waals surface area contributed by atoms with E-state index in [-0.39, 0.29) is 22.3 Å². The first-order valence-corrected chi connectivity index (χ1v) is 10.3. The first kappa shape index (κ1) is 18.0. The van der Waals surface area contributed by atoms with Crippen LogP contribution in [-0.2, 0) is 0 Å². The topological polar surface area (TPSA) is 20.2 Å². The molecule has 140 valence electrons. The second kappa shape index (κ2) is 5.58. The lowest BCUT2D eigenvalue weighted by Gasteiger charge is -2.55. The lowest BCUT2D eigenvalue weighted by molar-refractivity contribution is 0.00403. The second-order valence-electron chi connectivity index (χ2n) is 9.72. The standard InChI is InChI=1S/C25H34O/c1-7-17(3)25(6)22(26)15-21-19-9-8-18-14-16(2)10-12-23(18,4)20(19)11-13-24(21,25)5/h10-12,14,19,21-22,26H,2-3,7-9,13,15H2,1,4-6H3/t19?,21?,22-,23+,24+,25?/m1/s1. The minimum atomic E-state index is -0.274. The fourth-order valence-corrected chi connectivity index (χ4v) is 6.85. The van der Waals surface area contributed by atoms with Gasteiger partial charge in [0.25, 0.3) is 0 Å². The summed E-state index contributed by atoms with van der Waals surface area (Å²) in [6, 6.07) is 0. The monoisotopic (exact) mass is 350 g/mol. The van der Waals surface area contributed by atoms with Gasteiger partial charge in [-0.15, -0.1) is 0 Å². The van der Waals surface area contributed by atoms with Crippen molar-refractivity contribution in [2.45, 2.75) is 65.9 Å². The Labute approximate surface area is 159 Å². The molecule has 2 saturated carbocycles. The van der Waals surface area contributed by atoms with Gasteiger partial charge in [0, 0.05) is 10.8 Å². The maximum Gasteiger partial charge on any atom is 0.0639 e. The van der Waals surface area contributed by atoms with Gasteiger partial charge in [0.15, 0.2) is 0 Å². The molecular formula is C25H34O. The summed E-state index contributed by atoms with van der Waals surface area (Å²) in [4.78, 5) is 0. The molecular weight excluding hydrogens is 316 g/mol. The molecule has 0 heterocycles. The van der Waals surface area contributed by atoms with Crippen LogP contribution in [-0.4, -0.2) is 11.2 Å². The average molecular weight is 351 g/mol. The fraction of sp³-hybridized carbons (Fsp3) is 0.600. The quantitative estimate of drug-likeness (QED) is 0.593. The van der Waals surface area contributed by atoms with Crippen molar-refractivity contribution in [3.05, 3.63) is 59.8 Å². The molecule has 1 heteroatoms. The number of aliphatic hydroxyl groups is 1. The SMILES string of the molecule is C=C1C=C[C@@]2(C)C(=C1)CCC1C2=CC[C@@]2(C)C1C[C@@H](O)C2(C)C(=C)CC. The number of aliphatic hydroxyl groups excluding tert-OH is 1. The van der Waals surface area contributed by atoms with E-state index >= 15 is 0 Å². The number of hydrogen-bond acceptors (Lipinski definition) is 1. The van der Waals surface area contributed by atoms with Crippen molar-refractivity contribution in [2.24, 2.45) is 28.1 Å². The lowest BCUT2D eigenvalue weighted by atomic mass is 9.49. The molecule has 26 heavy (non-hydrogen) atoms. The van der Waals surface area contributed by atoms with Crippen LogP contribution in [0.5, 0.6) is 0 Å². The zero-order valence-corrected chi connectivity index (χ0v) is 16.9. The van der Waals surface area contributed by atoms with Crippen molar-refractivity contribution >= 4 is 0 Å². The third kappa shape index (κ3) is 2.01. The molecule has 0 saturated heterocycles. The Morgan fingerprint density at radius 1 is 1.31 bits per heavy atom. The molecule has 4 aliphatic rings. The van der Waals surface area contributed by atoms with Crippen LogP contribution >= 0.6 is 0 Å². The summed E-state index contributed by atoms with van der Waals surface area (Å²) in [5, 5.41) is 11.1. The van der Waals surface area contributed by atoms with Gasteiger partial charge >= 0.3 is 0 Å². The first-order valence-electron chi connectivity index (χ1n) is 10.3. The molecule has 0 spiro atoms. The van der Waals surface area contributed by atoms with Gasteiger partial charge in [0.1, 0.15) is 0 Å². The normalized spacial score (nSPS) is 46.8. The highest BCUT2D eigenvalue weighted by Crippen LogP contribution is 2.69. The molecule has 0 aromatic heterocycles. The molecule has 1 N–H and O–H groups in total. The molecule has 0 bridgehead atoms. The molecule has 2 fully saturated rings. The summed E-state index contributed by atoms with van der Waals surface area (Å²) < 4.78 is 0. The van der Waals surface area contributed by atoms with Gasteiger partial charge in [0.05, 0.1) is 6.10 Å². The Balaban J connectivity index is 1.79. The minimum absolute atomic E-state index is 0.0527. The van der Waals surface area contributed by atoms with Crippen LogP contribution < -0.4 is 0 Å². The molecule has 1 nitrogen and oxygen atoms in total. The second-order valence-corrected chi connectivity index (χ2v) is 9.72. The van der Waals surface area contributed by atoms with E-state index in [2.05, 4.69) is 65.2 Å². The van der Waals surface area contributed by atoms with Crippen molar-refractivity contribution in [3.63, 3.8) is 0 Å². The molecule has 4 rings (SSSR count). The Bertz CT molecular complexity index is 765. The Kier molecular flexibility index (Phi) is 3.87. The molecule has 0 aromatic rings. The summed E-state index contributed by atoms with van der Waals surface area (Å²) in [7, 11) is 0. The number of hydrogen-bond donors (Lipinski definition) is 1. The van der Waals surface area contributed by atoms with Crippen LogP contribution in [0.25, 0.3) is 0 Å². The Morgan fingerprint density at radius 3 is 2.73 bits per heavy atom. The van der Waals surface area contributed by atoms with Gasteiger partial charge in [-0.2, -0.15) is 0 Å². The summed E-state index contributed by atoms with van der Waals surface area (Å²) in [6.07, 6.45) is 14.4. The Hall–Kier alpha value is -1.34. The van der Waals surface area contributed by atoms with Crippen LogP contribution in [0, 0.1) is 28.1 Å². The maximum absolute atomic E-state index is 11.1. The zero-order valence-electron chi connectivity index (χ0n) is 16.9. The molecule has 4 aliphatic carbocycles. The van der Waals surface area contributed by atoms with Crippen molar-refractivity contribution in [1.82, 2.24) is 0 Å². The number of rotatable bonds is 2. The van der Waals surface area contributed by atoms with Crippen LogP contribution in [0.15, 0.2) is 59.8 Å². The van der Waals surface area contributed by atoms with Crippen LogP contribution in [0.4, 0.5) is 0 Å². The molecule has 0 radical (unpaired) electrons. The van der Waals surface area contributed by atoms with Gasteiger partial charge in [-0.1, -0.05) is 75.0 Å². The highest BCUT2D eigenvalue weighted by atomic mass is 16.3. The predicted molar refractivity (Wildman–Crippen MR) is 110 cm³/mol. The molecule has 0 aliphatic heterocycles. The van der Waals surface area contributed by atoms with Gasteiger partial charge in [-0.25, -0.2) is 0 Å². The zero-order chi connectivity index (χ0) is 18.9. The number of fused-ring (bicyclic) bond motifs is 5. The van der Waals surface area contributed by atoms with E-state index in [0.29, 0.717) is 11.8 Å². The highest BCUT2D eigenvalue weighted by molar-refractivity contribution is 5.50. The summed E-state index contributed by atoms with van der Waals surface area (Å²) >= 11 is 0. The van der Waals surface area contributed by atoms with Gasteiger partial charge in [-0.3, -0.25) is 0 Å². The lowest BCUT2D eigenvalue weighted by Crippen LogP contribution is -2.48. The number of allylic oxidation sites excluding steroid dienone is 7. The van der Waals surface area contributed by atoms with Crippen LogP contribution in [0.2, 0.25) is 0 Å². The van der Waals surface area contributed by atoms with Crippen LogP contribution in [0.1, 0.15) is 59.8 Å². The van der Waals surface area contributed by atoms with E-state index in [1.807, 2.05) is 0 Å². The van der Waals surface area contributed by atoms with Crippen molar-refractivity contribution < 1.29 is 5.11 Å². The Morgan fingerprint density at radius 2 is 2.04 bits per heavy atom. The minimum Gasteiger partial charge on any atom is -0.392 e. The van der Waals surface area contributed by atoms with E-state index in [4.69, 9.17) is 0 Å². The molecule has 0 amide bonds. The molecule has 3 unspecified atom stereocenters. The van der Waals surface area contributed by atoms with Crippen molar-refractivity contribution in [1.29, 1.82) is 0 Å². The summed E-state index contributed by atoms with van der Waals surface area (Å²) in [5.41, 5.74) is 5.45. The van der Waals surface area contributed by atoms with Gasteiger partial charge in [0.2, 0.25) is 0 Å². The van der Waals surface area contributed by atoms with E-state index in [0.717, 1.165) is 31.3 Å². The van der Waals surface area contributed by atoms with Crippen molar-refractivity contribution in [3.8, 4) is 0 Å². The summed E-state index contributed by atoms with van der Waals surface area (Å²) in [6.45, 7) is 17.8. The third-order valence-electron chi connectivity index (χ3n) is 8.92. The third-order valence-corrected chi connectivity index (χ3v) is 8.92. The van der Waals surface area contributed by atoms with E-state index in [9.17, 15) is 5.11 Å². The van der Waals surface area contributed by atoms with E-state index < -0.39 is 0 Å². The van der Waals surface area contributed by atoms with Crippen molar-refractivity contribution in [2.75, 3.05) is 0 Å².